The van der Waals surface area contributed by atoms with Crippen molar-refractivity contribution < 1.29 is 8.42 Å². The lowest BCUT2D eigenvalue weighted by molar-refractivity contribution is 0.0703. The summed E-state index contributed by atoms with van der Waals surface area (Å²) < 4.78 is 28.6. The van der Waals surface area contributed by atoms with E-state index in [2.05, 4.69) is 42.5 Å². The summed E-state index contributed by atoms with van der Waals surface area (Å²) in [6.07, 6.45) is 0.813. The second kappa shape index (κ2) is 7.70. The lowest BCUT2D eigenvalue weighted by Crippen LogP contribution is -2.60. The third kappa shape index (κ3) is 4.96. The Kier molecular flexibility index (Phi) is 6.87. The van der Waals surface area contributed by atoms with Gasteiger partial charge in [0.2, 0.25) is 0 Å². The van der Waals surface area contributed by atoms with E-state index in [1.807, 2.05) is 6.92 Å². The number of hydrogen-bond donors (Lipinski definition) is 1. The van der Waals surface area contributed by atoms with Crippen LogP contribution in [0.1, 0.15) is 27.2 Å². The molecule has 2 atom stereocenters. The Morgan fingerprint density at radius 1 is 1.20 bits per heavy atom. The van der Waals surface area contributed by atoms with E-state index in [0.29, 0.717) is 19.6 Å². The maximum absolute atomic E-state index is 12.2. The Labute approximate surface area is 124 Å². The molecule has 1 rings (SSSR count). The minimum Gasteiger partial charge on any atom is -0.308 e. The largest absolute Gasteiger partial charge is 0.308 e. The van der Waals surface area contributed by atoms with Crippen molar-refractivity contribution in [2.24, 2.45) is 0 Å². The molecule has 0 amide bonds. The molecule has 1 heterocycles. The molecule has 0 aliphatic carbocycles. The summed E-state index contributed by atoms with van der Waals surface area (Å²) in [4.78, 5) is 4.55. The highest BCUT2D eigenvalue weighted by molar-refractivity contribution is 7.87. The number of piperazine rings is 1. The van der Waals surface area contributed by atoms with Gasteiger partial charge in [-0.15, -0.1) is 0 Å². The molecule has 0 aromatic carbocycles. The number of nitrogens with zero attached hydrogens (tertiary/aromatic N) is 3. The van der Waals surface area contributed by atoms with Crippen LogP contribution in [0.5, 0.6) is 0 Å². The predicted molar refractivity (Wildman–Crippen MR) is 83.0 cm³/mol. The van der Waals surface area contributed by atoms with Crippen LogP contribution in [0.3, 0.4) is 0 Å². The second-order valence-corrected chi connectivity index (χ2v) is 7.71. The van der Waals surface area contributed by atoms with E-state index in [0.717, 1.165) is 19.5 Å². The average Bonchev–Trinajstić information content (AvgIpc) is 2.34. The molecule has 0 aromatic heterocycles. The quantitative estimate of drug-likeness (QED) is 0.729. The third-order valence-corrected chi connectivity index (χ3v) is 5.29. The van der Waals surface area contributed by atoms with Gasteiger partial charge in [-0.25, -0.2) is 4.72 Å². The van der Waals surface area contributed by atoms with E-state index >= 15 is 0 Å². The summed E-state index contributed by atoms with van der Waals surface area (Å²) in [6, 6.07) is 0.494. The highest BCUT2D eigenvalue weighted by Gasteiger charge is 2.34. The van der Waals surface area contributed by atoms with Crippen molar-refractivity contribution in [3.63, 3.8) is 0 Å². The van der Waals surface area contributed by atoms with Gasteiger partial charge in [0.15, 0.2) is 0 Å². The number of hydrogen-bond acceptors (Lipinski definition) is 4. The van der Waals surface area contributed by atoms with Crippen molar-refractivity contribution >= 4 is 10.2 Å². The zero-order valence-electron chi connectivity index (χ0n) is 13.5. The first-order chi connectivity index (χ1) is 9.27. The molecule has 0 spiro atoms. The van der Waals surface area contributed by atoms with Crippen LogP contribution in [0.25, 0.3) is 0 Å². The van der Waals surface area contributed by atoms with Gasteiger partial charge >= 0.3 is 0 Å². The summed E-state index contributed by atoms with van der Waals surface area (Å²) in [7, 11) is 0.801. The Bertz CT molecular complexity index is 374. The highest BCUT2D eigenvalue weighted by atomic mass is 32.2. The first-order valence-corrected chi connectivity index (χ1v) is 8.87. The van der Waals surface area contributed by atoms with Crippen LogP contribution in [-0.2, 0) is 10.2 Å². The lowest BCUT2D eigenvalue weighted by Gasteiger charge is -2.44. The molecule has 1 aliphatic heterocycles. The maximum atomic E-state index is 12.2. The van der Waals surface area contributed by atoms with Crippen molar-refractivity contribution in [2.45, 2.75) is 39.3 Å². The fraction of sp³-hybridized carbons (Fsp3) is 1.00. The van der Waals surface area contributed by atoms with Crippen LogP contribution in [-0.4, -0.2) is 81.4 Å². The molecule has 0 saturated carbocycles. The van der Waals surface area contributed by atoms with Gasteiger partial charge in [0, 0.05) is 44.8 Å². The maximum Gasteiger partial charge on any atom is 0.279 e. The molecule has 1 fully saturated rings. The Balaban J connectivity index is 2.63. The van der Waals surface area contributed by atoms with Crippen LogP contribution in [0, 0.1) is 0 Å². The summed E-state index contributed by atoms with van der Waals surface area (Å²) >= 11 is 0. The van der Waals surface area contributed by atoms with Crippen LogP contribution in [0.2, 0.25) is 0 Å². The Morgan fingerprint density at radius 3 is 2.20 bits per heavy atom. The van der Waals surface area contributed by atoms with Crippen LogP contribution < -0.4 is 4.72 Å². The van der Waals surface area contributed by atoms with Crippen LogP contribution >= 0.6 is 0 Å². The third-order valence-electron chi connectivity index (χ3n) is 3.75. The van der Waals surface area contributed by atoms with E-state index in [1.165, 1.54) is 0 Å². The fourth-order valence-corrected chi connectivity index (χ4v) is 4.05. The van der Waals surface area contributed by atoms with Gasteiger partial charge in [-0.3, -0.25) is 4.90 Å². The van der Waals surface area contributed by atoms with Gasteiger partial charge in [0.05, 0.1) is 0 Å². The highest BCUT2D eigenvalue weighted by Crippen LogP contribution is 2.17. The van der Waals surface area contributed by atoms with Gasteiger partial charge in [0.25, 0.3) is 10.2 Å². The summed E-state index contributed by atoms with van der Waals surface area (Å²) in [5, 5.41) is 0. The molecule has 0 aromatic rings. The molecule has 1 saturated heterocycles. The minimum atomic E-state index is -3.32. The van der Waals surface area contributed by atoms with Crippen molar-refractivity contribution in [3.05, 3.63) is 0 Å². The summed E-state index contributed by atoms with van der Waals surface area (Å²) in [5.74, 6) is 0. The van der Waals surface area contributed by atoms with Gasteiger partial charge in [-0.2, -0.15) is 12.7 Å². The topological polar surface area (TPSA) is 55.9 Å². The molecule has 120 valence electrons. The molecule has 0 radical (unpaired) electrons. The first kappa shape index (κ1) is 17.8. The van der Waals surface area contributed by atoms with Gasteiger partial charge in [-0.1, -0.05) is 6.92 Å². The molecule has 7 heteroatoms. The number of rotatable bonds is 7. The number of likely N-dealkylation sites (N-methyl/N-ethyl adjacent to an activating group) is 1. The first-order valence-electron chi connectivity index (χ1n) is 7.43. The monoisotopic (exact) mass is 306 g/mol. The van der Waals surface area contributed by atoms with E-state index in [1.54, 1.807) is 4.31 Å². The van der Waals surface area contributed by atoms with Crippen molar-refractivity contribution in [3.8, 4) is 0 Å². The fourth-order valence-electron chi connectivity index (χ4n) is 2.58. The molecular formula is C13H30N4O2S. The van der Waals surface area contributed by atoms with Crippen LogP contribution in [0.4, 0.5) is 0 Å². The van der Waals surface area contributed by atoms with Gasteiger partial charge < -0.3 is 4.90 Å². The zero-order chi connectivity index (χ0) is 15.3. The molecule has 0 bridgehead atoms. The predicted octanol–water partition coefficient (Wildman–Crippen LogP) is 0.187. The Hall–Kier alpha value is -0.210. The molecule has 6 nitrogen and oxygen atoms in total. The zero-order valence-corrected chi connectivity index (χ0v) is 14.3. The van der Waals surface area contributed by atoms with Gasteiger partial charge in [0.1, 0.15) is 0 Å². The molecule has 1 N–H and O–H groups in total. The van der Waals surface area contributed by atoms with Gasteiger partial charge in [-0.05, 0) is 34.4 Å². The standard InChI is InChI=1S/C13H30N4O2S/c1-6-7-14-20(18,19)16-10-12(2)17(13(3)11-16)9-8-15(4)5/h12-14H,6-11H2,1-5H3. The van der Waals surface area contributed by atoms with E-state index in [9.17, 15) is 8.42 Å². The normalized spacial score (nSPS) is 26.3. The lowest BCUT2D eigenvalue weighted by atomic mass is 10.1. The SMILES string of the molecule is CCCNS(=O)(=O)N1CC(C)N(CCN(C)C)C(C)C1. The van der Waals surface area contributed by atoms with Crippen molar-refractivity contribution in [1.29, 1.82) is 0 Å². The van der Waals surface area contributed by atoms with E-state index in [4.69, 9.17) is 0 Å². The number of nitrogens with one attached hydrogen (secondary N) is 1. The average molecular weight is 306 g/mol. The molecule has 20 heavy (non-hydrogen) atoms. The molecule has 2 unspecified atom stereocenters. The summed E-state index contributed by atoms with van der Waals surface area (Å²) in [5.41, 5.74) is 0. The Morgan fingerprint density at radius 2 is 1.75 bits per heavy atom. The summed E-state index contributed by atoms with van der Waals surface area (Å²) in [6.45, 7) is 9.79. The van der Waals surface area contributed by atoms with Crippen molar-refractivity contribution in [1.82, 2.24) is 18.8 Å². The molecular weight excluding hydrogens is 276 g/mol. The van der Waals surface area contributed by atoms with Crippen molar-refractivity contribution in [2.75, 3.05) is 46.8 Å². The molecule has 1 aliphatic rings. The second-order valence-electron chi connectivity index (χ2n) is 5.96. The van der Waals surface area contributed by atoms with E-state index in [-0.39, 0.29) is 12.1 Å². The minimum absolute atomic E-state index is 0.247. The van der Waals surface area contributed by atoms with Crippen LogP contribution in [0.15, 0.2) is 0 Å². The van der Waals surface area contributed by atoms with E-state index < -0.39 is 10.2 Å². The smallest absolute Gasteiger partial charge is 0.279 e.